The monoisotopic (exact) mass is 340 g/mol. The Morgan fingerprint density at radius 1 is 1.32 bits per heavy atom. The molecule has 130 valence electrons. The van der Waals surface area contributed by atoms with Gasteiger partial charge in [0.1, 0.15) is 11.7 Å². The third-order valence-corrected chi connectivity index (χ3v) is 3.82. The Kier molecular flexibility index (Phi) is 4.78. The van der Waals surface area contributed by atoms with Gasteiger partial charge >= 0.3 is 0 Å². The summed E-state index contributed by atoms with van der Waals surface area (Å²) in [5.41, 5.74) is 2.94. The van der Waals surface area contributed by atoms with Crippen LogP contribution in [0.1, 0.15) is 30.0 Å². The highest BCUT2D eigenvalue weighted by atomic mass is 16.2. The second-order valence-electron chi connectivity index (χ2n) is 5.73. The van der Waals surface area contributed by atoms with Gasteiger partial charge in [0.2, 0.25) is 5.91 Å². The number of nitrogens with one attached hydrogen (secondary N) is 3. The molecule has 2 heterocycles. The standard InChI is InChI=1S/C17H20N6O2/c1-3-18-16(24)11(2)20-17(25)14-8-12(21-22-14)9-23-10-19-13-6-4-5-7-15(13)23/h4-8,10-11H,3,9H2,1-2H3,(H,18,24)(H,20,25)(H,21,22)/t11-/m0/s1. The van der Waals surface area contributed by atoms with Gasteiger partial charge in [0, 0.05) is 6.54 Å². The molecule has 25 heavy (non-hydrogen) atoms. The van der Waals surface area contributed by atoms with Gasteiger partial charge in [-0.25, -0.2) is 4.98 Å². The lowest BCUT2D eigenvalue weighted by Crippen LogP contribution is -2.44. The van der Waals surface area contributed by atoms with E-state index in [1.807, 2.05) is 35.8 Å². The van der Waals surface area contributed by atoms with E-state index in [0.29, 0.717) is 13.1 Å². The van der Waals surface area contributed by atoms with Gasteiger partial charge in [-0.05, 0) is 32.0 Å². The maximum Gasteiger partial charge on any atom is 0.272 e. The van der Waals surface area contributed by atoms with Gasteiger partial charge in [0.25, 0.3) is 5.91 Å². The van der Waals surface area contributed by atoms with Crippen molar-refractivity contribution >= 4 is 22.8 Å². The van der Waals surface area contributed by atoms with Crippen LogP contribution in [0.2, 0.25) is 0 Å². The number of aromatic amines is 1. The van der Waals surface area contributed by atoms with Crippen molar-refractivity contribution < 1.29 is 9.59 Å². The summed E-state index contributed by atoms with van der Waals surface area (Å²) in [4.78, 5) is 28.2. The zero-order valence-electron chi connectivity index (χ0n) is 14.1. The average Bonchev–Trinajstić information content (AvgIpc) is 3.23. The number of hydrogen-bond donors (Lipinski definition) is 3. The number of carbonyl (C=O) groups excluding carboxylic acids is 2. The van der Waals surface area contributed by atoms with E-state index in [9.17, 15) is 9.59 Å². The van der Waals surface area contributed by atoms with Crippen molar-refractivity contribution in [3.8, 4) is 0 Å². The summed E-state index contributed by atoms with van der Waals surface area (Å²) in [7, 11) is 0. The molecule has 0 fully saturated rings. The molecule has 0 saturated heterocycles. The Hall–Kier alpha value is -3.16. The highest BCUT2D eigenvalue weighted by molar-refractivity contribution is 5.96. The number of benzene rings is 1. The number of amides is 2. The fourth-order valence-corrected chi connectivity index (χ4v) is 2.54. The topological polar surface area (TPSA) is 105 Å². The summed E-state index contributed by atoms with van der Waals surface area (Å²) in [5.74, 6) is -0.617. The lowest BCUT2D eigenvalue weighted by Gasteiger charge is -2.11. The predicted octanol–water partition coefficient (Wildman–Crippen LogP) is 1.06. The first-order chi connectivity index (χ1) is 12.1. The molecule has 0 aliphatic heterocycles. The molecule has 0 bridgehead atoms. The van der Waals surface area contributed by atoms with Crippen molar-refractivity contribution in [3.63, 3.8) is 0 Å². The number of rotatable bonds is 6. The van der Waals surface area contributed by atoms with Crippen molar-refractivity contribution in [2.75, 3.05) is 6.54 Å². The van der Waals surface area contributed by atoms with Gasteiger partial charge in [-0.15, -0.1) is 0 Å². The van der Waals surface area contributed by atoms with Crippen LogP contribution < -0.4 is 10.6 Å². The number of imidazole rings is 1. The fraction of sp³-hybridized carbons (Fsp3) is 0.294. The second kappa shape index (κ2) is 7.16. The molecule has 0 saturated carbocycles. The van der Waals surface area contributed by atoms with Gasteiger partial charge in [0.05, 0.1) is 29.6 Å². The second-order valence-corrected chi connectivity index (χ2v) is 5.73. The van der Waals surface area contributed by atoms with Crippen molar-refractivity contribution in [1.82, 2.24) is 30.4 Å². The van der Waals surface area contributed by atoms with E-state index in [1.54, 1.807) is 19.3 Å². The molecule has 1 aromatic carbocycles. The molecule has 0 aliphatic rings. The first-order valence-electron chi connectivity index (χ1n) is 8.11. The lowest BCUT2D eigenvalue weighted by atomic mass is 10.2. The smallest absolute Gasteiger partial charge is 0.272 e. The zero-order valence-corrected chi connectivity index (χ0v) is 14.1. The number of aromatic nitrogens is 4. The normalized spacial score (nSPS) is 12.1. The summed E-state index contributed by atoms with van der Waals surface area (Å²) < 4.78 is 1.97. The van der Waals surface area contributed by atoms with Crippen LogP contribution in [0.3, 0.4) is 0 Å². The molecule has 3 rings (SSSR count). The minimum absolute atomic E-state index is 0.225. The number of para-hydroxylation sites is 2. The van der Waals surface area contributed by atoms with Crippen molar-refractivity contribution in [2.24, 2.45) is 0 Å². The number of likely N-dealkylation sites (N-methyl/N-ethyl adjacent to an activating group) is 1. The van der Waals surface area contributed by atoms with E-state index in [0.717, 1.165) is 16.7 Å². The van der Waals surface area contributed by atoms with Crippen molar-refractivity contribution in [1.29, 1.82) is 0 Å². The molecule has 2 amide bonds. The fourth-order valence-electron chi connectivity index (χ4n) is 2.54. The minimum Gasteiger partial charge on any atom is -0.355 e. The molecule has 0 spiro atoms. The number of hydrogen-bond acceptors (Lipinski definition) is 4. The van der Waals surface area contributed by atoms with E-state index in [2.05, 4.69) is 25.8 Å². The van der Waals surface area contributed by atoms with Crippen LogP contribution in [0.4, 0.5) is 0 Å². The van der Waals surface area contributed by atoms with E-state index < -0.39 is 11.9 Å². The first kappa shape index (κ1) is 16.7. The number of H-pyrrole nitrogens is 1. The van der Waals surface area contributed by atoms with Crippen LogP contribution in [0.25, 0.3) is 11.0 Å². The summed E-state index contributed by atoms with van der Waals surface area (Å²) in [6.07, 6.45) is 1.75. The molecule has 3 N–H and O–H groups in total. The molecule has 1 atom stereocenters. The average molecular weight is 340 g/mol. The van der Waals surface area contributed by atoms with E-state index in [-0.39, 0.29) is 11.6 Å². The van der Waals surface area contributed by atoms with E-state index in [4.69, 9.17) is 0 Å². The maximum atomic E-state index is 12.2. The maximum absolute atomic E-state index is 12.2. The zero-order chi connectivity index (χ0) is 17.8. The molecule has 0 radical (unpaired) electrons. The minimum atomic E-state index is -0.620. The van der Waals surface area contributed by atoms with Crippen LogP contribution in [-0.2, 0) is 11.3 Å². The van der Waals surface area contributed by atoms with E-state index >= 15 is 0 Å². The highest BCUT2D eigenvalue weighted by Gasteiger charge is 2.18. The van der Waals surface area contributed by atoms with Gasteiger partial charge in [-0.1, -0.05) is 12.1 Å². The van der Waals surface area contributed by atoms with Crippen LogP contribution in [-0.4, -0.2) is 44.1 Å². The third-order valence-electron chi connectivity index (χ3n) is 3.82. The van der Waals surface area contributed by atoms with Crippen LogP contribution >= 0.6 is 0 Å². The predicted molar refractivity (Wildman–Crippen MR) is 93.0 cm³/mol. The van der Waals surface area contributed by atoms with Gasteiger partial charge < -0.3 is 15.2 Å². The van der Waals surface area contributed by atoms with Gasteiger partial charge in [-0.2, -0.15) is 5.10 Å². The third kappa shape index (κ3) is 3.68. The van der Waals surface area contributed by atoms with Gasteiger partial charge in [-0.3, -0.25) is 14.7 Å². The van der Waals surface area contributed by atoms with Crippen LogP contribution in [0.15, 0.2) is 36.7 Å². The lowest BCUT2D eigenvalue weighted by molar-refractivity contribution is -0.122. The summed E-state index contributed by atoms with van der Waals surface area (Å²) >= 11 is 0. The largest absolute Gasteiger partial charge is 0.355 e. The van der Waals surface area contributed by atoms with Crippen molar-refractivity contribution in [3.05, 3.63) is 48.0 Å². The molecule has 0 aliphatic carbocycles. The Balaban J connectivity index is 1.68. The molecule has 8 nitrogen and oxygen atoms in total. The summed E-state index contributed by atoms with van der Waals surface area (Å²) in [5, 5.41) is 12.2. The SMILES string of the molecule is CCNC(=O)[C@H](C)NC(=O)c1cc(Cn2cnc3ccccc32)[nH]n1. The van der Waals surface area contributed by atoms with Crippen molar-refractivity contribution in [2.45, 2.75) is 26.4 Å². The Morgan fingerprint density at radius 3 is 2.92 bits per heavy atom. The number of fused-ring (bicyclic) bond motifs is 1. The molecular weight excluding hydrogens is 320 g/mol. The van der Waals surface area contributed by atoms with Crippen LogP contribution in [0, 0.1) is 0 Å². The van der Waals surface area contributed by atoms with Gasteiger partial charge in [0.15, 0.2) is 0 Å². The highest BCUT2D eigenvalue weighted by Crippen LogP contribution is 2.13. The van der Waals surface area contributed by atoms with Crippen LogP contribution in [0.5, 0.6) is 0 Å². The first-order valence-corrected chi connectivity index (χ1v) is 8.11. The Labute approximate surface area is 144 Å². The number of nitrogens with zero attached hydrogens (tertiary/aromatic N) is 3. The Morgan fingerprint density at radius 2 is 2.12 bits per heavy atom. The molecule has 0 unspecified atom stereocenters. The molecule has 8 heteroatoms. The molecule has 3 aromatic rings. The summed E-state index contributed by atoms with van der Waals surface area (Å²) in [6, 6.07) is 8.88. The van der Waals surface area contributed by atoms with E-state index in [1.165, 1.54) is 0 Å². The molecular formula is C17H20N6O2. The summed E-state index contributed by atoms with van der Waals surface area (Å²) in [6.45, 7) is 4.50. The Bertz CT molecular complexity index is 897. The number of carbonyl (C=O) groups is 2. The quantitative estimate of drug-likeness (QED) is 0.624. The molecule has 2 aromatic heterocycles.